The zero-order valence-electron chi connectivity index (χ0n) is 15.4. The summed E-state index contributed by atoms with van der Waals surface area (Å²) in [4.78, 5) is 37.4. The number of Topliss-reactive ketones (excluding diaryl/α,β-unsaturated/α-hetero) is 2. The molecular formula is C21H28O4. The molecule has 0 amide bonds. The average molecular weight is 344 g/mol. The van der Waals surface area contributed by atoms with E-state index >= 15 is 0 Å². The van der Waals surface area contributed by atoms with Gasteiger partial charge < -0.3 is 5.11 Å². The Kier molecular flexibility index (Phi) is 3.67. The van der Waals surface area contributed by atoms with E-state index in [1.807, 2.05) is 6.92 Å². The van der Waals surface area contributed by atoms with E-state index in [2.05, 4.69) is 6.92 Å². The van der Waals surface area contributed by atoms with Crippen molar-refractivity contribution in [3.05, 3.63) is 11.6 Å². The number of fused-ring (bicyclic) bond motifs is 5. The van der Waals surface area contributed by atoms with E-state index < -0.39 is 11.5 Å². The van der Waals surface area contributed by atoms with Crippen molar-refractivity contribution in [3.63, 3.8) is 0 Å². The molecule has 0 aromatic heterocycles. The largest absolute Gasteiger partial charge is 0.385 e. The first-order chi connectivity index (χ1) is 11.7. The second-order valence-electron chi connectivity index (χ2n) is 9.25. The maximum atomic E-state index is 13.3. The minimum absolute atomic E-state index is 0.0839. The van der Waals surface area contributed by atoms with Crippen molar-refractivity contribution in [1.29, 1.82) is 0 Å². The van der Waals surface area contributed by atoms with E-state index in [0.717, 1.165) is 31.3 Å². The van der Waals surface area contributed by atoms with Gasteiger partial charge in [-0.3, -0.25) is 14.4 Å². The highest BCUT2D eigenvalue weighted by Crippen LogP contribution is 2.65. The molecule has 0 saturated heterocycles. The molecule has 7 unspecified atom stereocenters. The van der Waals surface area contributed by atoms with Crippen LogP contribution in [0.1, 0.15) is 59.3 Å². The van der Waals surface area contributed by atoms with Gasteiger partial charge in [-0.25, -0.2) is 0 Å². The summed E-state index contributed by atoms with van der Waals surface area (Å²) in [5.41, 5.74) is 0.187. The summed E-state index contributed by atoms with van der Waals surface area (Å²) in [6.45, 7) is 5.68. The van der Waals surface area contributed by atoms with E-state index in [1.54, 1.807) is 13.0 Å². The minimum atomic E-state index is -1.07. The molecule has 0 radical (unpaired) electrons. The van der Waals surface area contributed by atoms with Crippen molar-refractivity contribution >= 4 is 17.3 Å². The van der Waals surface area contributed by atoms with Crippen LogP contribution in [0.2, 0.25) is 0 Å². The molecule has 1 N–H and O–H groups in total. The molecule has 0 heterocycles. The number of ketones is 3. The van der Waals surface area contributed by atoms with Crippen molar-refractivity contribution in [2.24, 2.45) is 34.5 Å². The molecule has 0 aliphatic heterocycles. The molecule has 4 rings (SSSR count). The van der Waals surface area contributed by atoms with Crippen LogP contribution in [-0.4, -0.2) is 28.6 Å². The van der Waals surface area contributed by atoms with Crippen LogP contribution in [0.4, 0.5) is 0 Å². The van der Waals surface area contributed by atoms with E-state index in [0.29, 0.717) is 12.8 Å². The van der Waals surface area contributed by atoms with Crippen LogP contribution < -0.4 is 0 Å². The maximum absolute atomic E-state index is 13.3. The Hall–Kier alpha value is -1.29. The molecule has 3 fully saturated rings. The SMILES string of the molecule is CC(=O)C1CCC2C3CCC4=CC(=O)CCC4(C)C3C(=O)C(O)C12C. The van der Waals surface area contributed by atoms with Gasteiger partial charge in [0.1, 0.15) is 11.9 Å². The first-order valence-corrected chi connectivity index (χ1v) is 9.67. The standard InChI is InChI=1S/C21H28O4/c1-11(22)15-6-7-16-14-5-4-12-10-13(23)8-9-20(12,2)17(14)18(24)19(25)21(15,16)3/h10,14-17,19,25H,4-9H2,1-3H3. The predicted molar refractivity (Wildman–Crippen MR) is 92.7 cm³/mol. The normalized spacial score (nSPS) is 49.1. The molecule has 0 bridgehead atoms. The minimum Gasteiger partial charge on any atom is -0.385 e. The molecule has 25 heavy (non-hydrogen) atoms. The van der Waals surface area contributed by atoms with Gasteiger partial charge in [-0.2, -0.15) is 0 Å². The van der Waals surface area contributed by atoms with Gasteiger partial charge in [-0.15, -0.1) is 0 Å². The molecule has 4 heteroatoms. The monoisotopic (exact) mass is 344 g/mol. The quantitative estimate of drug-likeness (QED) is 0.794. The van der Waals surface area contributed by atoms with Gasteiger partial charge in [0.25, 0.3) is 0 Å². The van der Waals surface area contributed by atoms with Crippen molar-refractivity contribution in [2.75, 3.05) is 0 Å². The van der Waals surface area contributed by atoms with Gasteiger partial charge in [0, 0.05) is 23.7 Å². The lowest BCUT2D eigenvalue weighted by molar-refractivity contribution is -0.170. The van der Waals surface area contributed by atoms with Crippen LogP contribution in [0.25, 0.3) is 0 Å². The number of allylic oxidation sites excluding steroid dienone is 1. The first kappa shape index (κ1) is 17.1. The smallest absolute Gasteiger partial charge is 0.166 e. The molecule has 4 aliphatic rings. The number of aliphatic hydroxyl groups excluding tert-OH is 1. The molecule has 3 saturated carbocycles. The van der Waals surface area contributed by atoms with Crippen LogP contribution in [0.5, 0.6) is 0 Å². The van der Waals surface area contributed by atoms with Gasteiger partial charge in [0.15, 0.2) is 11.6 Å². The van der Waals surface area contributed by atoms with Gasteiger partial charge in [0.2, 0.25) is 0 Å². The lowest BCUT2D eigenvalue weighted by atomic mass is 9.45. The molecule has 0 aromatic rings. The molecule has 4 aliphatic carbocycles. The third-order valence-corrected chi connectivity index (χ3v) is 8.31. The molecule has 0 spiro atoms. The van der Waals surface area contributed by atoms with Crippen molar-refractivity contribution in [2.45, 2.75) is 65.4 Å². The Bertz CT molecular complexity index is 692. The molecule has 0 aromatic carbocycles. The average Bonchev–Trinajstić information content (AvgIpc) is 2.91. The molecular weight excluding hydrogens is 316 g/mol. The highest BCUT2D eigenvalue weighted by molar-refractivity contribution is 5.94. The van der Waals surface area contributed by atoms with E-state index in [4.69, 9.17) is 0 Å². The highest BCUT2D eigenvalue weighted by atomic mass is 16.3. The third kappa shape index (κ3) is 2.06. The molecule has 136 valence electrons. The fourth-order valence-electron chi connectivity index (χ4n) is 7.02. The van der Waals surface area contributed by atoms with Crippen LogP contribution in [0.3, 0.4) is 0 Å². The summed E-state index contributed by atoms with van der Waals surface area (Å²) in [5, 5.41) is 11.0. The summed E-state index contributed by atoms with van der Waals surface area (Å²) >= 11 is 0. The van der Waals surface area contributed by atoms with Crippen molar-refractivity contribution in [3.8, 4) is 0 Å². The van der Waals surface area contributed by atoms with Gasteiger partial charge in [-0.05, 0) is 62.4 Å². The summed E-state index contributed by atoms with van der Waals surface area (Å²) in [7, 11) is 0. The number of carbonyl (C=O) groups is 3. The number of aliphatic hydroxyl groups is 1. The summed E-state index contributed by atoms with van der Waals surface area (Å²) in [6.07, 6.45) is 5.35. The van der Waals surface area contributed by atoms with Gasteiger partial charge in [-0.1, -0.05) is 19.4 Å². The molecule has 7 atom stereocenters. The number of hydrogen-bond acceptors (Lipinski definition) is 4. The van der Waals surface area contributed by atoms with E-state index in [9.17, 15) is 19.5 Å². The van der Waals surface area contributed by atoms with Crippen molar-refractivity contribution in [1.82, 2.24) is 0 Å². The number of hydrogen-bond donors (Lipinski definition) is 1. The lowest BCUT2D eigenvalue weighted by Gasteiger charge is -2.58. The fraction of sp³-hybridized carbons (Fsp3) is 0.762. The first-order valence-electron chi connectivity index (χ1n) is 9.67. The van der Waals surface area contributed by atoms with Crippen LogP contribution >= 0.6 is 0 Å². The third-order valence-electron chi connectivity index (χ3n) is 8.31. The topological polar surface area (TPSA) is 71.4 Å². The van der Waals surface area contributed by atoms with Crippen LogP contribution in [0.15, 0.2) is 11.6 Å². The Morgan fingerprint density at radius 3 is 2.56 bits per heavy atom. The van der Waals surface area contributed by atoms with Crippen LogP contribution in [0, 0.1) is 34.5 Å². The van der Waals surface area contributed by atoms with Crippen LogP contribution in [-0.2, 0) is 14.4 Å². The fourth-order valence-corrected chi connectivity index (χ4v) is 7.02. The maximum Gasteiger partial charge on any atom is 0.166 e. The Morgan fingerprint density at radius 1 is 1.16 bits per heavy atom. The second-order valence-corrected chi connectivity index (χ2v) is 9.25. The van der Waals surface area contributed by atoms with Crippen molar-refractivity contribution < 1.29 is 19.5 Å². The number of rotatable bonds is 1. The van der Waals surface area contributed by atoms with Gasteiger partial charge >= 0.3 is 0 Å². The predicted octanol–water partition coefficient (Wildman–Crippen LogP) is 2.87. The van der Waals surface area contributed by atoms with E-state index in [1.165, 1.54) is 0 Å². The Labute approximate surface area is 149 Å². The lowest BCUT2D eigenvalue weighted by Crippen LogP contribution is -2.62. The van der Waals surface area contributed by atoms with E-state index in [-0.39, 0.29) is 46.4 Å². The summed E-state index contributed by atoms with van der Waals surface area (Å²) in [5.74, 6) is 0.197. The Morgan fingerprint density at radius 2 is 1.88 bits per heavy atom. The zero-order valence-corrected chi connectivity index (χ0v) is 15.4. The highest BCUT2D eigenvalue weighted by Gasteiger charge is 2.66. The summed E-state index contributed by atoms with van der Waals surface area (Å²) < 4.78 is 0. The van der Waals surface area contributed by atoms with Gasteiger partial charge in [0.05, 0.1) is 0 Å². The second kappa shape index (κ2) is 5.35. The molecule has 4 nitrogen and oxygen atoms in total. The Balaban J connectivity index is 1.79. The summed E-state index contributed by atoms with van der Waals surface area (Å²) in [6, 6.07) is 0. The number of carbonyl (C=O) groups excluding carboxylic acids is 3. The zero-order chi connectivity index (χ0) is 18.1.